The van der Waals surface area contributed by atoms with Crippen molar-refractivity contribution in [1.82, 2.24) is 0 Å². The van der Waals surface area contributed by atoms with Crippen LogP contribution >= 0.6 is 0 Å². The summed E-state index contributed by atoms with van der Waals surface area (Å²) in [4.78, 5) is 0.266. The van der Waals surface area contributed by atoms with Crippen LogP contribution in [-0.2, 0) is 21.0 Å². The van der Waals surface area contributed by atoms with E-state index in [0.29, 0.717) is 6.61 Å². The molecule has 0 N–H and O–H groups in total. The summed E-state index contributed by atoms with van der Waals surface area (Å²) >= 11 is 0. The van der Waals surface area contributed by atoms with E-state index in [9.17, 15) is 13.7 Å². The number of benzene rings is 2. The minimum atomic E-state index is -3.65. The molecule has 0 saturated heterocycles. The average Bonchev–Trinajstić information content (AvgIpc) is 3.37. The van der Waals surface area contributed by atoms with E-state index in [1.54, 1.807) is 24.3 Å². The van der Waals surface area contributed by atoms with Gasteiger partial charge in [-0.25, -0.2) is 8.42 Å². The number of sulfone groups is 1. The number of rotatable bonds is 7. The second kappa shape index (κ2) is 7.46. The standard InChI is InChI=1S/C22H25NO3S/c1-4-17-8-10-18(11-9-17)20-21(22(20,14-23)15-26-5-2)27(24,25)19-12-6-16(3)7-13-19/h6-13,20-21H,4-5,15H2,1-3H3/t20-,21-,22+/m0/s1. The van der Waals surface area contributed by atoms with Crippen molar-refractivity contribution < 1.29 is 13.2 Å². The van der Waals surface area contributed by atoms with Crippen LogP contribution in [0.4, 0.5) is 0 Å². The lowest BCUT2D eigenvalue weighted by molar-refractivity contribution is 0.117. The molecule has 0 amide bonds. The zero-order valence-corrected chi connectivity index (χ0v) is 16.8. The molecular formula is C22H25NO3S. The van der Waals surface area contributed by atoms with Crippen LogP contribution in [0, 0.1) is 23.7 Å². The molecule has 0 spiro atoms. The first-order chi connectivity index (χ1) is 12.9. The van der Waals surface area contributed by atoms with E-state index >= 15 is 0 Å². The summed E-state index contributed by atoms with van der Waals surface area (Å²) in [5.74, 6) is -0.383. The fourth-order valence-corrected chi connectivity index (χ4v) is 6.09. The molecule has 5 heteroatoms. The van der Waals surface area contributed by atoms with E-state index in [2.05, 4.69) is 13.0 Å². The molecule has 0 unspecified atom stereocenters. The normalized spacial score (nSPS) is 24.4. The minimum Gasteiger partial charge on any atom is -0.380 e. The SMILES string of the molecule is CCOC[C@]1(C#N)[C@@H](c2ccc(CC)cc2)[C@@H]1S(=O)(=O)c1ccc(C)cc1. The van der Waals surface area contributed by atoms with Crippen molar-refractivity contribution in [3.8, 4) is 6.07 Å². The molecule has 3 rings (SSSR count). The van der Waals surface area contributed by atoms with Crippen molar-refractivity contribution in [2.24, 2.45) is 5.41 Å². The summed E-state index contributed by atoms with van der Waals surface area (Å²) in [6.07, 6.45) is 0.915. The van der Waals surface area contributed by atoms with E-state index in [-0.39, 0.29) is 17.4 Å². The van der Waals surface area contributed by atoms with Gasteiger partial charge in [-0.3, -0.25) is 0 Å². The third kappa shape index (κ3) is 3.40. The smallest absolute Gasteiger partial charge is 0.183 e. The minimum absolute atomic E-state index is 0.121. The van der Waals surface area contributed by atoms with Crippen molar-refractivity contribution >= 4 is 9.84 Å². The highest BCUT2D eigenvalue weighted by atomic mass is 32.2. The van der Waals surface area contributed by atoms with Crippen molar-refractivity contribution in [1.29, 1.82) is 5.26 Å². The number of aryl methyl sites for hydroxylation is 2. The van der Waals surface area contributed by atoms with Crippen LogP contribution in [0.3, 0.4) is 0 Å². The molecule has 4 nitrogen and oxygen atoms in total. The molecule has 2 aromatic carbocycles. The zero-order chi connectivity index (χ0) is 19.7. The summed E-state index contributed by atoms with van der Waals surface area (Å²) < 4.78 is 32.2. The van der Waals surface area contributed by atoms with Crippen LogP contribution in [0.15, 0.2) is 53.4 Å². The van der Waals surface area contributed by atoms with Gasteiger partial charge in [-0.1, -0.05) is 48.9 Å². The fraction of sp³-hybridized carbons (Fsp3) is 0.409. The lowest BCUT2D eigenvalue weighted by atomic mass is 10.00. The van der Waals surface area contributed by atoms with Gasteiger partial charge >= 0.3 is 0 Å². The van der Waals surface area contributed by atoms with Gasteiger partial charge < -0.3 is 4.74 Å². The Bertz CT molecular complexity index is 943. The highest BCUT2D eigenvalue weighted by Crippen LogP contribution is 2.63. The van der Waals surface area contributed by atoms with E-state index in [0.717, 1.165) is 17.5 Å². The van der Waals surface area contributed by atoms with Crippen molar-refractivity contribution in [2.75, 3.05) is 13.2 Å². The molecule has 3 atom stereocenters. The molecule has 0 radical (unpaired) electrons. The third-order valence-corrected chi connectivity index (χ3v) is 7.73. The van der Waals surface area contributed by atoms with E-state index < -0.39 is 20.5 Å². The first-order valence-electron chi connectivity index (χ1n) is 9.29. The Morgan fingerprint density at radius 1 is 1.07 bits per heavy atom. The number of hydrogen-bond donors (Lipinski definition) is 0. The molecule has 1 aliphatic rings. The fourth-order valence-electron chi connectivity index (χ4n) is 3.78. The largest absolute Gasteiger partial charge is 0.380 e. The monoisotopic (exact) mass is 383 g/mol. The molecule has 27 heavy (non-hydrogen) atoms. The van der Waals surface area contributed by atoms with Gasteiger partial charge in [0.25, 0.3) is 0 Å². The number of nitriles is 1. The van der Waals surface area contributed by atoms with E-state index in [1.807, 2.05) is 38.1 Å². The lowest BCUT2D eigenvalue weighted by Crippen LogP contribution is -2.19. The van der Waals surface area contributed by atoms with Gasteiger partial charge in [0.15, 0.2) is 9.84 Å². The topological polar surface area (TPSA) is 67.2 Å². The number of ether oxygens (including phenoxy) is 1. The van der Waals surface area contributed by atoms with Gasteiger partial charge in [0, 0.05) is 12.5 Å². The molecule has 0 aliphatic heterocycles. The number of nitrogens with zero attached hydrogens (tertiary/aromatic N) is 1. The molecule has 1 fully saturated rings. The Morgan fingerprint density at radius 3 is 2.22 bits per heavy atom. The van der Waals surface area contributed by atoms with Crippen LogP contribution in [-0.4, -0.2) is 26.9 Å². The maximum Gasteiger partial charge on any atom is 0.183 e. The molecule has 2 aromatic rings. The average molecular weight is 384 g/mol. The summed E-state index contributed by atoms with van der Waals surface area (Å²) in [7, 11) is -3.65. The summed E-state index contributed by atoms with van der Waals surface area (Å²) in [6, 6.07) is 17.0. The first-order valence-corrected chi connectivity index (χ1v) is 10.8. The highest BCUT2D eigenvalue weighted by molar-refractivity contribution is 7.92. The van der Waals surface area contributed by atoms with Gasteiger partial charge in [-0.05, 0) is 43.5 Å². The van der Waals surface area contributed by atoms with Crippen LogP contribution in [0.1, 0.15) is 36.5 Å². The van der Waals surface area contributed by atoms with Crippen LogP contribution in [0.25, 0.3) is 0 Å². The first kappa shape index (κ1) is 19.6. The van der Waals surface area contributed by atoms with Gasteiger partial charge in [0.1, 0.15) is 5.41 Å². The molecule has 0 aromatic heterocycles. The second-order valence-electron chi connectivity index (χ2n) is 7.14. The van der Waals surface area contributed by atoms with Crippen molar-refractivity contribution in [2.45, 2.75) is 43.3 Å². The maximum atomic E-state index is 13.3. The Kier molecular flexibility index (Phi) is 5.41. The lowest BCUT2D eigenvalue weighted by Gasteiger charge is -2.10. The molecule has 142 valence electrons. The van der Waals surface area contributed by atoms with Crippen molar-refractivity contribution in [3.63, 3.8) is 0 Å². The number of hydrogen-bond acceptors (Lipinski definition) is 4. The summed E-state index contributed by atoms with van der Waals surface area (Å²) in [6.45, 7) is 6.41. The zero-order valence-electron chi connectivity index (χ0n) is 16.0. The molecule has 0 heterocycles. The van der Waals surface area contributed by atoms with Gasteiger partial charge in [-0.2, -0.15) is 5.26 Å². The quantitative estimate of drug-likeness (QED) is 0.723. The van der Waals surface area contributed by atoms with Crippen LogP contribution in [0.5, 0.6) is 0 Å². The highest BCUT2D eigenvalue weighted by Gasteiger charge is 2.72. The Hall–Kier alpha value is -2.16. The molecule has 1 saturated carbocycles. The van der Waals surface area contributed by atoms with E-state index in [1.165, 1.54) is 5.56 Å². The van der Waals surface area contributed by atoms with Gasteiger partial charge in [-0.15, -0.1) is 0 Å². The Labute approximate surface area is 161 Å². The van der Waals surface area contributed by atoms with Crippen molar-refractivity contribution in [3.05, 3.63) is 65.2 Å². The Morgan fingerprint density at radius 2 is 1.70 bits per heavy atom. The van der Waals surface area contributed by atoms with Gasteiger partial charge in [0.05, 0.1) is 22.8 Å². The predicted octanol–water partition coefficient (Wildman–Crippen LogP) is 4.04. The van der Waals surface area contributed by atoms with Gasteiger partial charge in [0.2, 0.25) is 0 Å². The maximum absolute atomic E-state index is 13.3. The van der Waals surface area contributed by atoms with E-state index in [4.69, 9.17) is 4.74 Å². The molecule has 1 aliphatic carbocycles. The third-order valence-electron chi connectivity index (χ3n) is 5.44. The summed E-state index contributed by atoms with van der Waals surface area (Å²) in [5.41, 5.74) is 2.02. The summed E-state index contributed by atoms with van der Waals surface area (Å²) in [5, 5.41) is 9.15. The second-order valence-corrected chi connectivity index (χ2v) is 9.21. The molecular weight excluding hydrogens is 358 g/mol. The Balaban J connectivity index is 2.04. The predicted molar refractivity (Wildman–Crippen MR) is 105 cm³/mol. The van der Waals surface area contributed by atoms with Crippen LogP contribution in [0.2, 0.25) is 0 Å². The van der Waals surface area contributed by atoms with Crippen LogP contribution < -0.4 is 0 Å². The molecule has 0 bridgehead atoms.